The zero-order valence-corrected chi connectivity index (χ0v) is 10.9. The zero-order valence-electron chi connectivity index (χ0n) is 8.71. The summed E-state index contributed by atoms with van der Waals surface area (Å²) >= 11 is 2.18. The molecule has 0 amide bonds. The number of nitrogen functional groups attached to an aromatic ring is 1. The highest BCUT2D eigenvalue weighted by Gasteiger charge is 2.08. The summed E-state index contributed by atoms with van der Waals surface area (Å²) in [5.41, 5.74) is 7.49. The molecule has 2 heterocycles. The highest BCUT2D eigenvalue weighted by Crippen LogP contribution is 2.17. The molecule has 0 aliphatic carbocycles. The Balaban J connectivity index is 2.26. The molecule has 17 heavy (non-hydrogen) atoms. The molecule has 1 aromatic carbocycles. The van der Waals surface area contributed by atoms with Crippen LogP contribution in [0.2, 0.25) is 0 Å². The summed E-state index contributed by atoms with van der Waals surface area (Å²) in [6, 6.07) is 7.62. The Morgan fingerprint density at radius 3 is 2.47 bits per heavy atom. The molecule has 2 N–H and O–H groups in total. The van der Waals surface area contributed by atoms with Crippen LogP contribution in [-0.2, 0) is 0 Å². The number of anilines is 1. The van der Waals surface area contributed by atoms with Gasteiger partial charge in [0.1, 0.15) is 0 Å². The van der Waals surface area contributed by atoms with Crippen LogP contribution in [0.15, 0.2) is 36.7 Å². The van der Waals surface area contributed by atoms with E-state index in [0.717, 1.165) is 14.6 Å². The van der Waals surface area contributed by atoms with E-state index in [-0.39, 0.29) is 0 Å². The molecule has 2 aromatic heterocycles. The van der Waals surface area contributed by atoms with Gasteiger partial charge in [-0.15, -0.1) is 0 Å². The van der Waals surface area contributed by atoms with Crippen LogP contribution >= 0.6 is 22.6 Å². The van der Waals surface area contributed by atoms with Crippen molar-refractivity contribution in [3.05, 3.63) is 40.2 Å². The Bertz CT molecular complexity index is 691. The van der Waals surface area contributed by atoms with E-state index in [1.165, 1.54) is 0 Å². The van der Waals surface area contributed by atoms with Gasteiger partial charge in [-0.1, -0.05) is 12.1 Å². The summed E-state index contributed by atoms with van der Waals surface area (Å²) in [6.45, 7) is 0. The van der Waals surface area contributed by atoms with Gasteiger partial charge in [0.05, 0.1) is 20.8 Å². The lowest BCUT2D eigenvalue weighted by molar-refractivity contribution is 0.850. The standard InChI is InChI=1S/C11H8IN5/c12-7-5-14-17(6-7)11-10(13)15-8-3-1-2-4-9(8)16-11/h1-6H,(H2,13,15). The van der Waals surface area contributed by atoms with E-state index in [1.54, 1.807) is 10.9 Å². The maximum atomic E-state index is 5.89. The monoisotopic (exact) mass is 337 g/mol. The van der Waals surface area contributed by atoms with Crippen molar-refractivity contribution in [2.24, 2.45) is 0 Å². The second-order valence-electron chi connectivity index (χ2n) is 3.52. The van der Waals surface area contributed by atoms with Crippen LogP contribution in [0.25, 0.3) is 16.9 Å². The van der Waals surface area contributed by atoms with Crippen LogP contribution in [0.3, 0.4) is 0 Å². The molecular formula is C11H8IN5. The molecule has 0 aliphatic rings. The van der Waals surface area contributed by atoms with Gasteiger partial charge in [0, 0.05) is 6.20 Å². The summed E-state index contributed by atoms with van der Waals surface area (Å²) in [5.74, 6) is 0.940. The molecule has 0 spiro atoms. The van der Waals surface area contributed by atoms with Crippen LogP contribution in [0.4, 0.5) is 5.82 Å². The number of para-hydroxylation sites is 2. The molecule has 0 radical (unpaired) electrons. The Kier molecular flexibility index (Phi) is 2.43. The van der Waals surface area contributed by atoms with Gasteiger partial charge in [-0.3, -0.25) is 0 Å². The summed E-state index contributed by atoms with van der Waals surface area (Å²) < 4.78 is 2.66. The molecule has 0 aliphatic heterocycles. The quantitative estimate of drug-likeness (QED) is 0.690. The molecule has 0 saturated heterocycles. The van der Waals surface area contributed by atoms with Gasteiger partial charge in [-0.05, 0) is 34.7 Å². The van der Waals surface area contributed by atoms with Crippen molar-refractivity contribution in [2.75, 3.05) is 5.73 Å². The smallest absolute Gasteiger partial charge is 0.197 e. The minimum Gasteiger partial charge on any atom is -0.381 e. The Labute approximate surface area is 111 Å². The van der Waals surface area contributed by atoms with Crippen molar-refractivity contribution in [3.8, 4) is 5.82 Å². The van der Waals surface area contributed by atoms with E-state index in [4.69, 9.17) is 5.73 Å². The lowest BCUT2D eigenvalue weighted by Gasteiger charge is -2.05. The lowest BCUT2D eigenvalue weighted by atomic mass is 10.3. The van der Waals surface area contributed by atoms with Gasteiger partial charge in [0.2, 0.25) is 0 Å². The molecule has 0 fully saturated rings. The maximum Gasteiger partial charge on any atom is 0.197 e. The number of rotatable bonds is 1. The Hall–Kier alpha value is -1.70. The van der Waals surface area contributed by atoms with Gasteiger partial charge < -0.3 is 5.73 Å². The number of nitrogens with zero attached hydrogens (tertiary/aromatic N) is 4. The molecular weight excluding hydrogens is 329 g/mol. The molecule has 0 unspecified atom stereocenters. The van der Waals surface area contributed by atoms with Crippen molar-refractivity contribution < 1.29 is 0 Å². The minimum absolute atomic E-state index is 0.378. The van der Waals surface area contributed by atoms with Gasteiger partial charge in [0.25, 0.3) is 0 Å². The van der Waals surface area contributed by atoms with Crippen molar-refractivity contribution >= 4 is 39.4 Å². The molecule has 0 atom stereocenters. The molecule has 0 bridgehead atoms. The zero-order chi connectivity index (χ0) is 11.8. The van der Waals surface area contributed by atoms with Crippen molar-refractivity contribution in [2.45, 2.75) is 0 Å². The fraction of sp³-hybridized carbons (Fsp3) is 0. The Morgan fingerprint density at radius 2 is 1.82 bits per heavy atom. The normalized spacial score (nSPS) is 10.9. The van der Waals surface area contributed by atoms with Crippen LogP contribution in [-0.4, -0.2) is 19.7 Å². The highest BCUT2D eigenvalue weighted by molar-refractivity contribution is 14.1. The number of aromatic nitrogens is 4. The maximum absolute atomic E-state index is 5.89. The third-order valence-electron chi connectivity index (χ3n) is 2.35. The van der Waals surface area contributed by atoms with Crippen molar-refractivity contribution in [1.82, 2.24) is 19.7 Å². The second-order valence-corrected chi connectivity index (χ2v) is 4.77. The molecule has 3 rings (SSSR count). The lowest BCUT2D eigenvalue weighted by Crippen LogP contribution is -2.05. The van der Waals surface area contributed by atoms with Gasteiger partial charge in [0.15, 0.2) is 11.6 Å². The van der Waals surface area contributed by atoms with Crippen molar-refractivity contribution in [1.29, 1.82) is 0 Å². The summed E-state index contributed by atoms with van der Waals surface area (Å²) in [4.78, 5) is 8.78. The number of benzene rings is 1. The summed E-state index contributed by atoms with van der Waals surface area (Å²) in [6.07, 6.45) is 3.60. The van der Waals surface area contributed by atoms with Gasteiger partial charge in [-0.2, -0.15) is 5.10 Å². The van der Waals surface area contributed by atoms with Crippen LogP contribution < -0.4 is 5.73 Å². The minimum atomic E-state index is 0.378. The van der Waals surface area contributed by atoms with Gasteiger partial charge in [-0.25, -0.2) is 14.6 Å². The summed E-state index contributed by atoms with van der Waals surface area (Å²) in [5, 5.41) is 4.18. The number of hydrogen-bond donors (Lipinski definition) is 1. The molecule has 0 saturated carbocycles. The molecule has 6 heteroatoms. The first-order valence-electron chi connectivity index (χ1n) is 4.97. The van der Waals surface area contributed by atoms with Crippen molar-refractivity contribution in [3.63, 3.8) is 0 Å². The Morgan fingerprint density at radius 1 is 1.12 bits per heavy atom. The fourth-order valence-corrected chi connectivity index (χ4v) is 1.98. The number of hydrogen-bond acceptors (Lipinski definition) is 4. The van der Waals surface area contributed by atoms with Crippen LogP contribution in [0.5, 0.6) is 0 Å². The summed E-state index contributed by atoms with van der Waals surface area (Å²) in [7, 11) is 0. The predicted molar refractivity (Wildman–Crippen MR) is 73.8 cm³/mol. The molecule has 3 aromatic rings. The topological polar surface area (TPSA) is 69.6 Å². The molecule has 5 nitrogen and oxygen atoms in total. The third kappa shape index (κ3) is 1.84. The predicted octanol–water partition coefficient (Wildman–Crippen LogP) is 2.00. The van der Waals surface area contributed by atoms with Gasteiger partial charge >= 0.3 is 0 Å². The molecule has 84 valence electrons. The van der Waals surface area contributed by atoms with E-state index in [2.05, 4.69) is 37.7 Å². The van der Waals surface area contributed by atoms with E-state index in [0.29, 0.717) is 11.6 Å². The van der Waals surface area contributed by atoms with E-state index < -0.39 is 0 Å². The van der Waals surface area contributed by atoms with E-state index in [1.807, 2.05) is 30.5 Å². The first-order chi connectivity index (χ1) is 8.24. The largest absolute Gasteiger partial charge is 0.381 e. The van der Waals surface area contributed by atoms with E-state index >= 15 is 0 Å². The number of nitrogens with two attached hydrogens (primary N) is 1. The average Bonchev–Trinajstić information content (AvgIpc) is 2.75. The number of fused-ring (bicyclic) bond motifs is 1. The average molecular weight is 337 g/mol. The number of halogens is 1. The fourth-order valence-electron chi connectivity index (χ4n) is 1.59. The third-order valence-corrected chi connectivity index (χ3v) is 2.90. The second kappa shape index (κ2) is 3.95. The SMILES string of the molecule is Nc1nc2ccccc2nc1-n1cc(I)cn1. The van der Waals surface area contributed by atoms with Crippen LogP contribution in [0.1, 0.15) is 0 Å². The highest BCUT2D eigenvalue weighted by atomic mass is 127. The van der Waals surface area contributed by atoms with E-state index in [9.17, 15) is 0 Å². The first-order valence-corrected chi connectivity index (χ1v) is 6.05. The first kappa shape index (κ1) is 10.5. The van der Waals surface area contributed by atoms with Crippen LogP contribution in [0, 0.1) is 3.57 Å².